The molecule has 2 N–H and O–H groups in total. The van der Waals surface area contributed by atoms with Gasteiger partial charge in [0.2, 0.25) is 11.7 Å². The molecule has 182 valence electrons. The first-order chi connectivity index (χ1) is 17.1. The second kappa shape index (κ2) is 8.60. The monoisotopic (exact) mass is 475 g/mol. The molecule has 1 aromatic carbocycles. The molecule has 2 amide bonds. The van der Waals surface area contributed by atoms with Gasteiger partial charge in [0.1, 0.15) is 6.33 Å². The van der Waals surface area contributed by atoms with Gasteiger partial charge in [-0.3, -0.25) is 9.59 Å². The summed E-state index contributed by atoms with van der Waals surface area (Å²) in [4.78, 5) is 41.6. The van der Waals surface area contributed by atoms with E-state index in [1.165, 1.54) is 6.33 Å². The lowest BCUT2D eigenvalue weighted by Crippen LogP contribution is -2.46. The topological polar surface area (TPSA) is 114 Å². The number of carbonyl (C=O) groups excluding carboxylic acids is 2. The highest BCUT2D eigenvalue weighted by Crippen LogP contribution is 2.45. The van der Waals surface area contributed by atoms with Crippen molar-refractivity contribution in [2.75, 3.05) is 36.5 Å². The van der Waals surface area contributed by atoms with Gasteiger partial charge in [-0.25, -0.2) is 15.0 Å². The number of aryl methyl sites for hydroxylation is 1. The average Bonchev–Trinajstić information content (AvgIpc) is 3.38. The molecule has 3 aliphatic rings. The minimum Gasteiger partial charge on any atom is -0.376 e. The number of para-hydroxylation sites is 1. The molecular weight excluding hydrogens is 446 g/mol. The quantitative estimate of drug-likeness (QED) is 0.594. The van der Waals surface area contributed by atoms with E-state index in [4.69, 9.17) is 4.74 Å². The summed E-state index contributed by atoms with van der Waals surface area (Å²) in [6.45, 7) is 2.53. The first-order valence-electron chi connectivity index (χ1n) is 12.3. The molecule has 2 fully saturated rings. The first-order valence-corrected chi connectivity index (χ1v) is 12.3. The molecule has 2 saturated heterocycles. The second-order valence-corrected chi connectivity index (χ2v) is 9.63. The third-order valence-corrected chi connectivity index (χ3v) is 7.65. The van der Waals surface area contributed by atoms with Gasteiger partial charge in [-0.1, -0.05) is 18.2 Å². The van der Waals surface area contributed by atoms with Crippen LogP contribution in [-0.2, 0) is 22.0 Å². The molecule has 0 aliphatic carbocycles. The zero-order valence-corrected chi connectivity index (χ0v) is 19.8. The van der Waals surface area contributed by atoms with Crippen LogP contribution < -0.4 is 15.5 Å². The van der Waals surface area contributed by atoms with Crippen molar-refractivity contribution in [1.29, 1.82) is 0 Å². The first kappa shape index (κ1) is 22.0. The average molecular weight is 476 g/mol. The SMILES string of the molecule is Cn1c(C(=O)NCC2CCCCO2)nc2c(N3CCC4(CC3)C(=O)Nc3ccccc34)ncnc21. The summed E-state index contributed by atoms with van der Waals surface area (Å²) in [5, 5.41) is 6.01. The van der Waals surface area contributed by atoms with Crippen LogP contribution in [0.2, 0.25) is 0 Å². The summed E-state index contributed by atoms with van der Waals surface area (Å²) < 4.78 is 7.43. The molecule has 6 rings (SSSR count). The van der Waals surface area contributed by atoms with E-state index in [0.29, 0.717) is 55.3 Å². The Kier molecular flexibility index (Phi) is 5.40. The van der Waals surface area contributed by atoms with E-state index in [1.54, 1.807) is 11.6 Å². The maximum Gasteiger partial charge on any atom is 0.287 e. The van der Waals surface area contributed by atoms with E-state index in [0.717, 1.165) is 37.1 Å². The molecule has 10 heteroatoms. The van der Waals surface area contributed by atoms with Crippen molar-refractivity contribution in [3.05, 3.63) is 42.0 Å². The van der Waals surface area contributed by atoms with Crippen molar-refractivity contribution in [2.45, 2.75) is 43.6 Å². The number of hydrogen-bond donors (Lipinski definition) is 2. The lowest BCUT2D eigenvalue weighted by Gasteiger charge is -2.38. The number of aromatic nitrogens is 4. The number of imidazole rings is 1. The van der Waals surface area contributed by atoms with Crippen LogP contribution in [0.1, 0.15) is 48.3 Å². The summed E-state index contributed by atoms with van der Waals surface area (Å²) in [5.74, 6) is 0.823. The van der Waals surface area contributed by atoms with E-state index in [9.17, 15) is 9.59 Å². The van der Waals surface area contributed by atoms with Gasteiger partial charge in [0.05, 0.1) is 11.5 Å². The van der Waals surface area contributed by atoms with Crippen molar-refractivity contribution in [3.8, 4) is 0 Å². The lowest BCUT2D eigenvalue weighted by atomic mass is 9.73. The molecule has 1 unspecified atom stereocenters. The Bertz CT molecular complexity index is 1290. The predicted molar refractivity (Wildman–Crippen MR) is 130 cm³/mol. The molecule has 1 atom stereocenters. The number of nitrogens with zero attached hydrogens (tertiary/aromatic N) is 5. The molecule has 5 heterocycles. The van der Waals surface area contributed by atoms with Gasteiger partial charge in [-0.15, -0.1) is 0 Å². The van der Waals surface area contributed by atoms with E-state index in [1.807, 2.05) is 24.3 Å². The van der Waals surface area contributed by atoms with Gasteiger partial charge < -0.3 is 24.8 Å². The van der Waals surface area contributed by atoms with Gasteiger partial charge in [-0.2, -0.15) is 0 Å². The zero-order chi connectivity index (χ0) is 24.0. The Morgan fingerprint density at radius 3 is 2.86 bits per heavy atom. The summed E-state index contributed by atoms with van der Waals surface area (Å²) in [5.41, 5.74) is 2.69. The third kappa shape index (κ3) is 3.63. The molecule has 3 aliphatic heterocycles. The van der Waals surface area contributed by atoms with Gasteiger partial charge in [0, 0.05) is 39.0 Å². The van der Waals surface area contributed by atoms with Crippen LogP contribution in [0.3, 0.4) is 0 Å². The number of carbonyl (C=O) groups is 2. The van der Waals surface area contributed by atoms with Gasteiger partial charge in [0.25, 0.3) is 5.91 Å². The normalized spacial score (nSPS) is 21.2. The third-order valence-electron chi connectivity index (χ3n) is 7.65. The molecule has 0 saturated carbocycles. The zero-order valence-electron chi connectivity index (χ0n) is 19.8. The minimum absolute atomic E-state index is 0.0522. The van der Waals surface area contributed by atoms with Crippen molar-refractivity contribution >= 4 is 34.5 Å². The number of ether oxygens (including phenoxy) is 1. The number of benzene rings is 1. The Labute approximate surface area is 203 Å². The number of anilines is 2. The van der Waals surface area contributed by atoms with Crippen LogP contribution in [0.4, 0.5) is 11.5 Å². The lowest BCUT2D eigenvalue weighted by molar-refractivity contribution is -0.121. The molecule has 10 nitrogen and oxygen atoms in total. The molecular formula is C25H29N7O3. The van der Waals surface area contributed by atoms with E-state index in [-0.39, 0.29) is 17.9 Å². The molecule has 1 spiro atoms. The second-order valence-electron chi connectivity index (χ2n) is 9.63. The highest BCUT2D eigenvalue weighted by molar-refractivity contribution is 6.06. The molecule has 0 radical (unpaired) electrons. The number of rotatable bonds is 4. The smallest absolute Gasteiger partial charge is 0.287 e. The van der Waals surface area contributed by atoms with Crippen LogP contribution in [0.25, 0.3) is 11.2 Å². The molecule has 2 aromatic heterocycles. The molecule has 0 bridgehead atoms. The maximum atomic E-state index is 12.9. The number of hydrogen-bond acceptors (Lipinski definition) is 7. The Morgan fingerprint density at radius 1 is 1.23 bits per heavy atom. The van der Waals surface area contributed by atoms with E-state index in [2.05, 4.69) is 30.5 Å². The highest BCUT2D eigenvalue weighted by Gasteiger charge is 2.48. The fraction of sp³-hybridized carbons (Fsp3) is 0.480. The van der Waals surface area contributed by atoms with Crippen LogP contribution in [0.5, 0.6) is 0 Å². The Morgan fingerprint density at radius 2 is 2.06 bits per heavy atom. The summed E-state index contributed by atoms with van der Waals surface area (Å²) in [7, 11) is 1.79. The maximum absolute atomic E-state index is 12.9. The van der Waals surface area contributed by atoms with Crippen LogP contribution in [0, 0.1) is 0 Å². The molecule has 3 aromatic rings. The van der Waals surface area contributed by atoms with Gasteiger partial charge >= 0.3 is 0 Å². The largest absolute Gasteiger partial charge is 0.376 e. The van der Waals surface area contributed by atoms with Crippen molar-refractivity contribution in [1.82, 2.24) is 24.8 Å². The van der Waals surface area contributed by atoms with E-state index >= 15 is 0 Å². The fourth-order valence-corrected chi connectivity index (χ4v) is 5.65. The van der Waals surface area contributed by atoms with Gasteiger partial charge in [-0.05, 0) is 43.7 Å². The van der Waals surface area contributed by atoms with Crippen molar-refractivity contribution in [2.24, 2.45) is 7.05 Å². The standard InChI is InChI=1S/C25H29N7O3/c1-31-20-19(30-22(31)23(33)26-14-16-6-4-5-13-35-16)21(28-15-27-20)32-11-9-25(10-12-32)17-7-2-3-8-18(17)29-24(25)34/h2-3,7-8,15-16H,4-6,9-14H2,1H3,(H,26,33)(H,29,34). The van der Waals surface area contributed by atoms with Crippen LogP contribution in [-0.4, -0.2) is 63.7 Å². The van der Waals surface area contributed by atoms with Crippen LogP contribution >= 0.6 is 0 Å². The summed E-state index contributed by atoms with van der Waals surface area (Å²) >= 11 is 0. The summed E-state index contributed by atoms with van der Waals surface area (Å²) in [6.07, 6.45) is 6.08. The van der Waals surface area contributed by atoms with Gasteiger partial charge in [0.15, 0.2) is 17.0 Å². The number of nitrogens with one attached hydrogen (secondary N) is 2. The van der Waals surface area contributed by atoms with E-state index < -0.39 is 5.41 Å². The number of fused-ring (bicyclic) bond motifs is 3. The fourth-order valence-electron chi connectivity index (χ4n) is 5.65. The number of amides is 2. The summed E-state index contributed by atoms with van der Waals surface area (Å²) in [6, 6.07) is 7.95. The van der Waals surface area contributed by atoms with Crippen molar-refractivity contribution in [3.63, 3.8) is 0 Å². The number of piperidine rings is 1. The predicted octanol–water partition coefficient (Wildman–Crippen LogP) is 2.15. The Balaban J connectivity index is 1.22. The minimum atomic E-state index is -0.504. The Hall–Kier alpha value is -3.53. The van der Waals surface area contributed by atoms with Crippen molar-refractivity contribution < 1.29 is 14.3 Å². The van der Waals surface area contributed by atoms with Crippen LogP contribution in [0.15, 0.2) is 30.6 Å². The highest BCUT2D eigenvalue weighted by atomic mass is 16.5. The molecule has 35 heavy (non-hydrogen) atoms.